The van der Waals surface area contributed by atoms with Gasteiger partial charge in [-0.15, -0.1) is 0 Å². The van der Waals surface area contributed by atoms with Gasteiger partial charge in [0.05, 0.1) is 5.75 Å². The number of hydrogen-bond acceptors (Lipinski definition) is 3. The molecule has 1 amide bonds. The number of carbonyl (C=O) groups is 1. The highest BCUT2D eigenvalue weighted by Crippen LogP contribution is 2.17. The maximum Gasteiger partial charge on any atom is 0.251 e. The van der Waals surface area contributed by atoms with Crippen molar-refractivity contribution in [3.05, 3.63) is 35.4 Å². The standard InChI is InChI=1S/C15H22N2O3S/c1-2-16-15(18)14-8-6-13(7-9-14)12-21(19,20)17-10-4-3-5-11-17/h6-9H,2-5,10-12H2,1H3,(H,16,18). The summed E-state index contributed by atoms with van der Waals surface area (Å²) in [5, 5.41) is 2.72. The predicted octanol–water partition coefficient (Wildman–Crippen LogP) is 1.75. The second kappa shape index (κ2) is 7.04. The minimum absolute atomic E-state index is 0.00266. The van der Waals surface area contributed by atoms with Crippen LogP contribution in [0.15, 0.2) is 24.3 Å². The first kappa shape index (κ1) is 16.0. The van der Waals surface area contributed by atoms with Crippen LogP contribution in [0, 0.1) is 0 Å². The van der Waals surface area contributed by atoms with Gasteiger partial charge in [-0.25, -0.2) is 12.7 Å². The molecule has 116 valence electrons. The summed E-state index contributed by atoms with van der Waals surface area (Å²) >= 11 is 0. The van der Waals surface area contributed by atoms with Gasteiger partial charge in [-0.1, -0.05) is 18.6 Å². The van der Waals surface area contributed by atoms with Crippen molar-refractivity contribution in [3.8, 4) is 0 Å². The van der Waals surface area contributed by atoms with Crippen molar-refractivity contribution >= 4 is 15.9 Å². The van der Waals surface area contributed by atoms with Crippen LogP contribution < -0.4 is 5.32 Å². The Hall–Kier alpha value is -1.40. The fourth-order valence-electron chi connectivity index (χ4n) is 2.46. The third-order valence-electron chi connectivity index (χ3n) is 3.61. The van der Waals surface area contributed by atoms with Gasteiger partial charge in [0.25, 0.3) is 5.91 Å². The zero-order chi connectivity index (χ0) is 15.3. The summed E-state index contributed by atoms with van der Waals surface area (Å²) in [6.07, 6.45) is 2.98. The normalized spacial score (nSPS) is 16.6. The van der Waals surface area contributed by atoms with Crippen LogP contribution in [0.25, 0.3) is 0 Å². The number of sulfonamides is 1. The molecule has 0 aromatic heterocycles. The number of benzene rings is 1. The lowest BCUT2D eigenvalue weighted by molar-refractivity contribution is 0.0956. The van der Waals surface area contributed by atoms with Crippen LogP contribution in [0.4, 0.5) is 0 Å². The molecule has 0 aliphatic carbocycles. The van der Waals surface area contributed by atoms with E-state index in [0.717, 1.165) is 19.3 Å². The lowest BCUT2D eigenvalue weighted by Gasteiger charge is -2.25. The first-order valence-electron chi connectivity index (χ1n) is 7.38. The molecule has 1 aromatic carbocycles. The van der Waals surface area contributed by atoms with E-state index in [1.54, 1.807) is 28.6 Å². The highest BCUT2D eigenvalue weighted by atomic mass is 32.2. The van der Waals surface area contributed by atoms with E-state index in [9.17, 15) is 13.2 Å². The Kier molecular flexibility index (Phi) is 5.36. The molecule has 21 heavy (non-hydrogen) atoms. The fraction of sp³-hybridized carbons (Fsp3) is 0.533. The number of rotatable bonds is 5. The molecule has 6 heteroatoms. The summed E-state index contributed by atoms with van der Waals surface area (Å²) in [6, 6.07) is 6.77. The van der Waals surface area contributed by atoms with E-state index < -0.39 is 10.0 Å². The van der Waals surface area contributed by atoms with Crippen LogP contribution in [0.5, 0.6) is 0 Å². The number of nitrogens with one attached hydrogen (secondary N) is 1. The van der Waals surface area contributed by atoms with Gasteiger partial charge in [0.1, 0.15) is 0 Å². The molecule has 5 nitrogen and oxygen atoms in total. The van der Waals surface area contributed by atoms with E-state index in [0.29, 0.717) is 30.8 Å². The predicted molar refractivity (Wildman–Crippen MR) is 82.5 cm³/mol. The van der Waals surface area contributed by atoms with Crippen molar-refractivity contribution in [3.63, 3.8) is 0 Å². The molecule has 1 saturated heterocycles. The average molecular weight is 310 g/mol. The quantitative estimate of drug-likeness (QED) is 0.901. The lowest BCUT2D eigenvalue weighted by atomic mass is 10.1. The molecule has 2 rings (SSSR count). The van der Waals surface area contributed by atoms with Crippen molar-refractivity contribution in [2.45, 2.75) is 31.9 Å². The summed E-state index contributed by atoms with van der Waals surface area (Å²) in [5.41, 5.74) is 1.27. The van der Waals surface area contributed by atoms with Gasteiger partial charge in [0.15, 0.2) is 0 Å². The SMILES string of the molecule is CCNC(=O)c1ccc(CS(=O)(=O)N2CCCCC2)cc1. The van der Waals surface area contributed by atoms with Crippen molar-refractivity contribution in [2.24, 2.45) is 0 Å². The molecule has 1 aromatic rings. The number of piperidine rings is 1. The Bertz CT molecular complexity index is 575. The molecule has 0 atom stereocenters. The first-order chi connectivity index (χ1) is 10.0. The van der Waals surface area contributed by atoms with Gasteiger partial charge >= 0.3 is 0 Å². The minimum atomic E-state index is -3.25. The van der Waals surface area contributed by atoms with Crippen molar-refractivity contribution in [1.82, 2.24) is 9.62 Å². The van der Waals surface area contributed by atoms with Crippen LogP contribution in [0.3, 0.4) is 0 Å². The third-order valence-corrected chi connectivity index (χ3v) is 5.46. The molecule has 1 aliphatic rings. The van der Waals surface area contributed by atoms with Crippen molar-refractivity contribution < 1.29 is 13.2 Å². The zero-order valence-corrected chi connectivity index (χ0v) is 13.2. The van der Waals surface area contributed by atoms with Gasteiger partial charge in [-0.2, -0.15) is 0 Å². The molecule has 0 radical (unpaired) electrons. The number of amides is 1. The smallest absolute Gasteiger partial charge is 0.251 e. The van der Waals surface area contributed by atoms with E-state index >= 15 is 0 Å². The Morgan fingerprint density at radius 3 is 2.33 bits per heavy atom. The van der Waals surface area contributed by atoms with Gasteiger partial charge in [-0.05, 0) is 37.5 Å². The molecule has 0 unspecified atom stereocenters. The summed E-state index contributed by atoms with van der Waals surface area (Å²) in [5.74, 6) is -0.134. The van der Waals surface area contributed by atoms with E-state index in [1.807, 2.05) is 6.92 Å². The molecular formula is C15H22N2O3S. The van der Waals surface area contributed by atoms with Crippen LogP contribution in [-0.2, 0) is 15.8 Å². The van der Waals surface area contributed by atoms with E-state index in [4.69, 9.17) is 0 Å². The average Bonchev–Trinajstić information content (AvgIpc) is 2.49. The Balaban J connectivity index is 2.04. The molecule has 1 N–H and O–H groups in total. The molecule has 1 aliphatic heterocycles. The van der Waals surface area contributed by atoms with Crippen molar-refractivity contribution in [2.75, 3.05) is 19.6 Å². The monoisotopic (exact) mass is 310 g/mol. The number of nitrogens with zero attached hydrogens (tertiary/aromatic N) is 1. The van der Waals surface area contributed by atoms with Gasteiger partial charge in [-0.3, -0.25) is 4.79 Å². The number of hydrogen-bond donors (Lipinski definition) is 1. The summed E-state index contributed by atoms with van der Waals surface area (Å²) < 4.78 is 26.2. The minimum Gasteiger partial charge on any atom is -0.352 e. The Morgan fingerprint density at radius 2 is 1.76 bits per heavy atom. The largest absolute Gasteiger partial charge is 0.352 e. The highest BCUT2D eigenvalue weighted by molar-refractivity contribution is 7.88. The lowest BCUT2D eigenvalue weighted by Crippen LogP contribution is -2.36. The second-order valence-corrected chi connectivity index (χ2v) is 7.24. The van der Waals surface area contributed by atoms with E-state index in [1.165, 1.54) is 0 Å². The van der Waals surface area contributed by atoms with E-state index in [2.05, 4.69) is 5.32 Å². The molecule has 1 fully saturated rings. The maximum atomic E-state index is 12.3. The summed E-state index contributed by atoms with van der Waals surface area (Å²) in [7, 11) is -3.25. The fourth-order valence-corrected chi connectivity index (χ4v) is 4.07. The zero-order valence-electron chi connectivity index (χ0n) is 12.3. The van der Waals surface area contributed by atoms with Crippen LogP contribution >= 0.6 is 0 Å². The first-order valence-corrected chi connectivity index (χ1v) is 8.99. The molecule has 0 bridgehead atoms. The van der Waals surface area contributed by atoms with E-state index in [-0.39, 0.29) is 11.7 Å². The molecule has 0 saturated carbocycles. The summed E-state index contributed by atoms with van der Waals surface area (Å²) in [4.78, 5) is 11.7. The molecule has 0 spiro atoms. The third kappa shape index (κ3) is 4.28. The number of carbonyl (C=O) groups excluding carboxylic acids is 1. The molecular weight excluding hydrogens is 288 g/mol. The maximum absolute atomic E-state index is 12.3. The topological polar surface area (TPSA) is 66.5 Å². The highest BCUT2D eigenvalue weighted by Gasteiger charge is 2.24. The van der Waals surface area contributed by atoms with Gasteiger partial charge < -0.3 is 5.32 Å². The van der Waals surface area contributed by atoms with Crippen molar-refractivity contribution in [1.29, 1.82) is 0 Å². The Labute approximate surface area is 126 Å². The van der Waals surface area contributed by atoms with Crippen LogP contribution in [-0.4, -0.2) is 38.3 Å². The summed E-state index contributed by atoms with van der Waals surface area (Å²) in [6.45, 7) is 3.68. The van der Waals surface area contributed by atoms with Crippen LogP contribution in [0.2, 0.25) is 0 Å². The van der Waals surface area contributed by atoms with Gasteiger partial charge in [0.2, 0.25) is 10.0 Å². The molecule has 1 heterocycles. The van der Waals surface area contributed by atoms with Crippen LogP contribution in [0.1, 0.15) is 42.1 Å². The van der Waals surface area contributed by atoms with Gasteiger partial charge in [0, 0.05) is 25.2 Å². The second-order valence-electron chi connectivity index (χ2n) is 5.27. The Morgan fingerprint density at radius 1 is 1.14 bits per heavy atom.